The van der Waals surface area contributed by atoms with Crippen molar-refractivity contribution in [1.29, 1.82) is 0 Å². The van der Waals surface area contributed by atoms with Crippen molar-refractivity contribution in [2.45, 2.75) is 10.9 Å². The predicted molar refractivity (Wildman–Crippen MR) is 105 cm³/mol. The molecule has 0 aliphatic carbocycles. The van der Waals surface area contributed by atoms with Crippen LogP contribution in [0.2, 0.25) is 10.0 Å². The highest BCUT2D eigenvalue weighted by atomic mass is 35.5. The summed E-state index contributed by atoms with van der Waals surface area (Å²) in [6.07, 6.45) is 1.53. The molecule has 2 aromatic heterocycles. The Balaban J connectivity index is 1.75. The Hall–Kier alpha value is -2.35. The van der Waals surface area contributed by atoms with Gasteiger partial charge in [0.05, 0.1) is 22.0 Å². The summed E-state index contributed by atoms with van der Waals surface area (Å²) >= 11 is 13.4. The fourth-order valence-corrected chi connectivity index (χ4v) is 3.81. The quantitative estimate of drug-likeness (QED) is 0.338. The average molecular weight is 438 g/mol. The summed E-state index contributed by atoms with van der Waals surface area (Å²) in [6, 6.07) is 12.6. The molecule has 0 aliphatic heterocycles. The lowest BCUT2D eigenvalue weighted by Crippen LogP contribution is -2.00. The fourth-order valence-electron chi connectivity index (χ4n) is 2.59. The molecule has 4 aromatic rings. The van der Waals surface area contributed by atoms with Gasteiger partial charge < -0.3 is 4.42 Å². The summed E-state index contributed by atoms with van der Waals surface area (Å²) in [6.45, 7) is 0. The minimum Gasteiger partial charge on any atom is -0.461 e. The Bertz CT molecular complexity index is 1130. The van der Waals surface area contributed by atoms with Gasteiger partial charge in [-0.1, -0.05) is 47.1 Å². The highest BCUT2D eigenvalue weighted by molar-refractivity contribution is 7.98. The fraction of sp³-hybridized carbons (Fsp3) is 0.0526. The van der Waals surface area contributed by atoms with Crippen molar-refractivity contribution in [3.05, 3.63) is 82.0 Å². The highest BCUT2D eigenvalue weighted by Crippen LogP contribution is 2.33. The van der Waals surface area contributed by atoms with Gasteiger partial charge in [0, 0.05) is 11.3 Å². The molecule has 0 amide bonds. The lowest BCUT2D eigenvalue weighted by Gasteiger charge is -2.10. The Morgan fingerprint density at radius 3 is 2.61 bits per heavy atom. The van der Waals surface area contributed by atoms with Crippen LogP contribution in [-0.2, 0) is 5.75 Å². The van der Waals surface area contributed by atoms with Crippen LogP contribution >= 0.6 is 35.0 Å². The molecule has 0 fully saturated rings. The van der Waals surface area contributed by atoms with Crippen LogP contribution in [0.15, 0.2) is 64.4 Å². The summed E-state index contributed by atoms with van der Waals surface area (Å²) in [4.78, 5) is 0. The van der Waals surface area contributed by atoms with Crippen LogP contribution in [0.25, 0.3) is 17.3 Å². The Labute approximate surface area is 173 Å². The van der Waals surface area contributed by atoms with E-state index in [1.807, 2.05) is 0 Å². The molecule has 0 aliphatic rings. The Morgan fingerprint density at radius 2 is 1.86 bits per heavy atom. The third-order valence-electron chi connectivity index (χ3n) is 3.92. The number of benzene rings is 2. The van der Waals surface area contributed by atoms with Gasteiger partial charge in [0.1, 0.15) is 0 Å². The topological polar surface area (TPSA) is 43.9 Å². The van der Waals surface area contributed by atoms with E-state index in [0.29, 0.717) is 32.5 Å². The number of furan rings is 1. The molecule has 9 heteroatoms. The minimum atomic E-state index is -0.889. The maximum Gasteiger partial charge on any atom is 0.205 e. The molecule has 0 unspecified atom stereocenters. The number of nitrogens with zero attached hydrogens (tertiary/aromatic N) is 3. The summed E-state index contributed by atoms with van der Waals surface area (Å²) in [7, 11) is 0. The van der Waals surface area contributed by atoms with Crippen LogP contribution in [0, 0.1) is 11.6 Å². The van der Waals surface area contributed by atoms with Crippen LogP contribution in [0.4, 0.5) is 8.78 Å². The second-order valence-electron chi connectivity index (χ2n) is 5.72. The number of hydrogen-bond donors (Lipinski definition) is 0. The molecule has 28 heavy (non-hydrogen) atoms. The lowest BCUT2D eigenvalue weighted by atomic mass is 10.2. The van der Waals surface area contributed by atoms with Gasteiger partial charge in [0.2, 0.25) is 5.82 Å². The Kier molecular flexibility index (Phi) is 5.39. The molecular weight excluding hydrogens is 427 g/mol. The normalized spacial score (nSPS) is 11.1. The largest absolute Gasteiger partial charge is 0.461 e. The maximum absolute atomic E-state index is 14.0. The van der Waals surface area contributed by atoms with Crippen LogP contribution in [0.1, 0.15) is 5.56 Å². The van der Waals surface area contributed by atoms with Gasteiger partial charge in [0.15, 0.2) is 22.6 Å². The van der Waals surface area contributed by atoms with E-state index in [-0.39, 0.29) is 11.3 Å². The van der Waals surface area contributed by atoms with Crippen LogP contribution in [0.3, 0.4) is 0 Å². The molecule has 0 N–H and O–H groups in total. The van der Waals surface area contributed by atoms with E-state index in [9.17, 15) is 8.78 Å². The monoisotopic (exact) mass is 437 g/mol. The van der Waals surface area contributed by atoms with Crippen molar-refractivity contribution >= 4 is 35.0 Å². The molecule has 0 bridgehead atoms. The second kappa shape index (κ2) is 7.95. The number of thioether (sulfide) groups is 1. The first-order valence-corrected chi connectivity index (χ1v) is 9.79. The third-order valence-corrected chi connectivity index (χ3v) is 5.64. The molecule has 0 radical (unpaired) electrons. The van der Waals surface area contributed by atoms with Crippen molar-refractivity contribution in [3.63, 3.8) is 0 Å². The standard InChI is InChI=1S/C19H11Cl2F2N3OS/c20-13-7-6-12(9-14(13)21)26-18(16-5-2-8-27-16)24-25-19(26)28-10-11-3-1-4-15(22)17(11)23/h1-9H,10H2. The van der Waals surface area contributed by atoms with E-state index in [0.717, 1.165) is 6.07 Å². The van der Waals surface area contributed by atoms with Gasteiger partial charge in [0.25, 0.3) is 0 Å². The zero-order valence-corrected chi connectivity index (χ0v) is 16.4. The zero-order chi connectivity index (χ0) is 19.7. The summed E-state index contributed by atoms with van der Waals surface area (Å²) in [5.74, 6) is -0.642. The number of hydrogen-bond acceptors (Lipinski definition) is 4. The first-order valence-electron chi connectivity index (χ1n) is 8.05. The third kappa shape index (κ3) is 3.65. The van der Waals surface area contributed by atoms with E-state index in [1.165, 1.54) is 30.2 Å². The summed E-state index contributed by atoms with van der Waals surface area (Å²) in [5, 5.41) is 9.63. The van der Waals surface area contributed by atoms with Crippen molar-refractivity contribution < 1.29 is 13.2 Å². The first kappa shape index (κ1) is 19.0. The van der Waals surface area contributed by atoms with Gasteiger partial charge in [-0.05, 0) is 36.4 Å². The number of aromatic nitrogens is 3. The number of rotatable bonds is 5. The molecule has 0 spiro atoms. The summed E-state index contributed by atoms with van der Waals surface area (Å²) < 4.78 is 34.6. The average Bonchev–Trinajstić information content (AvgIpc) is 3.34. The molecule has 0 atom stereocenters. The second-order valence-corrected chi connectivity index (χ2v) is 7.48. The smallest absolute Gasteiger partial charge is 0.205 e. The SMILES string of the molecule is Fc1cccc(CSc2nnc(-c3ccco3)n2-c2ccc(Cl)c(Cl)c2)c1F. The molecule has 0 saturated heterocycles. The highest BCUT2D eigenvalue weighted by Gasteiger charge is 2.19. The minimum absolute atomic E-state index is 0.168. The van der Waals surface area contributed by atoms with Gasteiger partial charge in [-0.25, -0.2) is 8.78 Å². The van der Waals surface area contributed by atoms with Crippen molar-refractivity contribution in [2.24, 2.45) is 0 Å². The van der Waals surface area contributed by atoms with Gasteiger partial charge in [-0.3, -0.25) is 4.57 Å². The van der Waals surface area contributed by atoms with E-state index in [4.69, 9.17) is 27.6 Å². The van der Waals surface area contributed by atoms with Gasteiger partial charge in [-0.2, -0.15) is 0 Å². The van der Waals surface area contributed by atoms with Gasteiger partial charge >= 0.3 is 0 Å². The first-order chi connectivity index (χ1) is 13.5. The molecule has 0 saturated carbocycles. The molecule has 2 heterocycles. The van der Waals surface area contributed by atoms with Crippen LogP contribution in [0.5, 0.6) is 0 Å². The van der Waals surface area contributed by atoms with Crippen molar-refractivity contribution in [1.82, 2.24) is 14.8 Å². The lowest BCUT2D eigenvalue weighted by molar-refractivity contribution is 0.502. The predicted octanol–water partition coefficient (Wildman–Crippen LogP) is 6.40. The molecular formula is C19H11Cl2F2N3OS. The maximum atomic E-state index is 14.0. The van der Waals surface area contributed by atoms with Crippen molar-refractivity contribution in [2.75, 3.05) is 0 Å². The van der Waals surface area contributed by atoms with E-state index >= 15 is 0 Å². The molecule has 2 aromatic carbocycles. The van der Waals surface area contributed by atoms with Crippen LogP contribution in [-0.4, -0.2) is 14.8 Å². The molecule has 142 valence electrons. The van der Waals surface area contributed by atoms with Crippen molar-refractivity contribution in [3.8, 4) is 17.3 Å². The Morgan fingerprint density at radius 1 is 1.00 bits per heavy atom. The zero-order valence-electron chi connectivity index (χ0n) is 14.1. The summed E-state index contributed by atoms with van der Waals surface area (Å²) in [5.41, 5.74) is 0.890. The molecule has 4 nitrogen and oxygen atoms in total. The molecule has 4 rings (SSSR count). The van der Waals surface area contributed by atoms with E-state index < -0.39 is 11.6 Å². The number of halogens is 4. The van der Waals surface area contributed by atoms with Gasteiger partial charge in [-0.15, -0.1) is 10.2 Å². The van der Waals surface area contributed by atoms with Crippen LogP contribution < -0.4 is 0 Å². The van der Waals surface area contributed by atoms with E-state index in [2.05, 4.69) is 10.2 Å². The van der Waals surface area contributed by atoms with E-state index in [1.54, 1.807) is 34.9 Å².